The number of carbonyl (C=O) groups excluding carboxylic acids is 1. The van der Waals surface area contributed by atoms with Crippen LogP contribution in [0.3, 0.4) is 0 Å². The molecule has 1 saturated heterocycles. The summed E-state index contributed by atoms with van der Waals surface area (Å²) in [5.74, 6) is -0.327. The average molecular weight is 465 g/mol. The van der Waals surface area contributed by atoms with Gasteiger partial charge in [0.05, 0.1) is 11.9 Å². The molecule has 2 heterocycles. The molecular formula is C21H29FN6O3S. The van der Waals surface area contributed by atoms with Crippen molar-refractivity contribution < 1.29 is 17.6 Å². The van der Waals surface area contributed by atoms with Crippen molar-refractivity contribution in [3.8, 4) is 0 Å². The second-order valence-electron chi connectivity index (χ2n) is 7.89. The van der Waals surface area contributed by atoms with E-state index in [2.05, 4.69) is 15.6 Å². The van der Waals surface area contributed by atoms with E-state index in [-0.39, 0.29) is 18.4 Å². The lowest BCUT2D eigenvalue weighted by Gasteiger charge is -2.35. The van der Waals surface area contributed by atoms with Crippen molar-refractivity contribution >= 4 is 21.9 Å². The summed E-state index contributed by atoms with van der Waals surface area (Å²) in [7, 11) is -0.419. The second-order valence-corrected chi connectivity index (χ2v) is 10.0. The van der Waals surface area contributed by atoms with Gasteiger partial charge in [-0.2, -0.15) is 17.0 Å². The zero-order valence-electron chi connectivity index (χ0n) is 18.5. The van der Waals surface area contributed by atoms with Gasteiger partial charge in [0.2, 0.25) is 0 Å². The third-order valence-electron chi connectivity index (χ3n) is 5.25. The average Bonchev–Trinajstić information content (AvgIpc) is 2.76. The van der Waals surface area contributed by atoms with E-state index in [0.29, 0.717) is 44.0 Å². The number of aryl methyl sites for hydroxylation is 1. The molecule has 0 unspecified atom stereocenters. The van der Waals surface area contributed by atoms with E-state index in [9.17, 15) is 17.6 Å². The first kappa shape index (κ1) is 24.1. The van der Waals surface area contributed by atoms with E-state index in [1.165, 1.54) is 28.8 Å². The Bertz CT molecular complexity index is 1040. The Balaban J connectivity index is 1.53. The van der Waals surface area contributed by atoms with Crippen molar-refractivity contribution in [3.63, 3.8) is 0 Å². The highest BCUT2D eigenvalue weighted by Crippen LogP contribution is 2.16. The number of urea groups is 1. The van der Waals surface area contributed by atoms with Gasteiger partial charge in [-0.1, -0.05) is 6.07 Å². The first-order valence-corrected chi connectivity index (χ1v) is 11.7. The second kappa shape index (κ2) is 10.3. The summed E-state index contributed by atoms with van der Waals surface area (Å²) < 4.78 is 41.5. The van der Waals surface area contributed by atoms with Crippen molar-refractivity contribution in [2.75, 3.05) is 45.6 Å². The zero-order chi connectivity index (χ0) is 23.3. The number of hydrogen-bond donors (Lipinski definition) is 2. The van der Waals surface area contributed by atoms with Crippen LogP contribution in [0, 0.1) is 12.7 Å². The Labute approximate surface area is 188 Å². The Morgan fingerprint density at radius 3 is 2.50 bits per heavy atom. The quantitative estimate of drug-likeness (QED) is 0.651. The largest absolute Gasteiger partial charge is 0.334 e. The minimum absolute atomic E-state index is 0.243. The molecule has 0 radical (unpaired) electrons. The Morgan fingerprint density at radius 2 is 1.88 bits per heavy atom. The summed E-state index contributed by atoms with van der Waals surface area (Å²) in [6.45, 7) is 4.23. The van der Waals surface area contributed by atoms with Crippen LogP contribution < -0.4 is 10.6 Å². The highest BCUT2D eigenvalue weighted by molar-refractivity contribution is 7.86. The summed E-state index contributed by atoms with van der Waals surface area (Å²) in [6.07, 6.45) is 1.58. The Kier molecular flexibility index (Phi) is 7.77. The van der Waals surface area contributed by atoms with Crippen LogP contribution in [0.15, 0.2) is 36.5 Å². The van der Waals surface area contributed by atoms with Crippen molar-refractivity contribution in [2.45, 2.75) is 20.0 Å². The number of halogens is 1. The minimum Gasteiger partial charge on any atom is -0.334 e. The van der Waals surface area contributed by atoms with Gasteiger partial charge < -0.3 is 10.6 Å². The number of aromatic nitrogens is 1. The fourth-order valence-corrected chi connectivity index (χ4v) is 4.44. The molecule has 174 valence electrons. The summed E-state index contributed by atoms with van der Waals surface area (Å²) in [6, 6.07) is 7.94. The van der Waals surface area contributed by atoms with Crippen molar-refractivity contribution in [3.05, 3.63) is 59.2 Å². The van der Waals surface area contributed by atoms with Gasteiger partial charge >= 0.3 is 6.03 Å². The summed E-state index contributed by atoms with van der Waals surface area (Å²) >= 11 is 0. The van der Waals surface area contributed by atoms with Gasteiger partial charge in [-0.15, -0.1) is 0 Å². The van der Waals surface area contributed by atoms with Gasteiger partial charge in [0, 0.05) is 64.6 Å². The molecule has 2 aromatic rings. The fraction of sp³-hybridized carbons (Fsp3) is 0.429. The summed E-state index contributed by atoms with van der Waals surface area (Å²) in [5, 5.41) is 5.46. The van der Waals surface area contributed by atoms with E-state index in [1.807, 2.05) is 11.8 Å². The highest BCUT2D eigenvalue weighted by Gasteiger charge is 2.28. The van der Waals surface area contributed by atoms with Crippen molar-refractivity contribution in [1.29, 1.82) is 0 Å². The molecule has 11 heteroatoms. The van der Waals surface area contributed by atoms with Crippen LogP contribution in [-0.2, 0) is 23.3 Å². The van der Waals surface area contributed by atoms with Crippen LogP contribution >= 0.6 is 0 Å². The number of pyridine rings is 1. The Hall–Kier alpha value is -2.60. The third kappa shape index (κ3) is 6.22. The lowest BCUT2D eigenvalue weighted by Crippen LogP contribution is -2.51. The van der Waals surface area contributed by atoms with Crippen molar-refractivity contribution in [1.82, 2.24) is 23.8 Å². The van der Waals surface area contributed by atoms with E-state index in [4.69, 9.17) is 0 Å². The first-order valence-electron chi connectivity index (χ1n) is 10.3. The lowest BCUT2D eigenvalue weighted by molar-refractivity contribution is 0.175. The number of hydrogen-bond acceptors (Lipinski definition) is 5. The van der Waals surface area contributed by atoms with E-state index in [0.717, 1.165) is 11.3 Å². The first-order chi connectivity index (χ1) is 15.1. The maximum absolute atomic E-state index is 14.4. The van der Waals surface area contributed by atoms with Gasteiger partial charge in [0.25, 0.3) is 10.2 Å². The molecule has 0 spiro atoms. The highest BCUT2D eigenvalue weighted by atomic mass is 32.2. The molecule has 1 aliphatic rings. The van der Waals surface area contributed by atoms with Gasteiger partial charge in [-0.25, -0.2) is 9.18 Å². The molecule has 1 aromatic heterocycles. The number of benzene rings is 1. The summed E-state index contributed by atoms with van der Waals surface area (Å²) in [5.41, 5.74) is 2.72. The number of rotatable bonds is 7. The number of carbonyl (C=O) groups is 1. The zero-order valence-corrected chi connectivity index (χ0v) is 19.3. The van der Waals surface area contributed by atoms with Crippen LogP contribution in [0.5, 0.6) is 0 Å². The van der Waals surface area contributed by atoms with Gasteiger partial charge in [-0.05, 0) is 36.8 Å². The topological polar surface area (TPSA) is 97.9 Å². The molecule has 0 saturated carbocycles. The van der Waals surface area contributed by atoms with E-state index in [1.54, 1.807) is 30.5 Å². The maximum atomic E-state index is 14.4. The van der Waals surface area contributed by atoms with E-state index >= 15 is 0 Å². The molecule has 0 aliphatic carbocycles. The normalized spacial score (nSPS) is 15.7. The van der Waals surface area contributed by atoms with Crippen LogP contribution in [0.1, 0.15) is 16.8 Å². The smallest absolute Gasteiger partial charge is 0.319 e. The van der Waals surface area contributed by atoms with Crippen LogP contribution in [0.25, 0.3) is 0 Å². The Morgan fingerprint density at radius 1 is 1.16 bits per heavy atom. The predicted molar refractivity (Wildman–Crippen MR) is 121 cm³/mol. The molecular weight excluding hydrogens is 435 g/mol. The molecule has 32 heavy (non-hydrogen) atoms. The fourth-order valence-electron chi connectivity index (χ4n) is 3.35. The molecule has 1 aliphatic heterocycles. The lowest BCUT2D eigenvalue weighted by atomic mass is 10.1. The summed E-state index contributed by atoms with van der Waals surface area (Å²) in [4.78, 5) is 18.3. The van der Waals surface area contributed by atoms with Gasteiger partial charge in [-0.3, -0.25) is 9.88 Å². The molecule has 1 aromatic carbocycles. The number of anilines is 1. The van der Waals surface area contributed by atoms with Crippen molar-refractivity contribution in [2.24, 2.45) is 0 Å². The molecule has 0 atom stereocenters. The standard InChI is InChI=1S/C21H29FN6O3S/c1-16-4-6-19(14-23-16)25-21(29)24-13-17-5-7-20(22)18(12-17)15-27-8-10-28(11-9-27)32(30,31)26(2)3/h4-7,12,14H,8-11,13,15H2,1-3H3,(H2,24,25,29). The van der Waals surface area contributed by atoms with Crippen LogP contribution in [-0.4, -0.2) is 73.2 Å². The molecule has 1 fully saturated rings. The molecule has 3 rings (SSSR count). The molecule has 9 nitrogen and oxygen atoms in total. The molecule has 2 N–H and O–H groups in total. The monoisotopic (exact) mass is 464 g/mol. The van der Waals surface area contributed by atoms with Gasteiger partial charge in [0.1, 0.15) is 5.82 Å². The number of nitrogens with one attached hydrogen (secondary N) is 2. The number of nitrogens with zero attached hydrogens (tertiary/aromatic N) is 4. The van der Waals surface area contributed by atoms with Crippen LogP contribution in [0.4, 0.5) is 14.9 Å². The molecule has 2 amide bonds. The minimum atomic E-state index is -3.44. The number of amides is 2. The SMILES string of the molecule is Cc1ccc(NC(=O)NCc2ccc(F)c(CN3CCN(S(=O)(=O)N(C)C)CC3)c2)cn1. The predicted octanol–water partition coefficient (Wildman–Crippen LogP) is 1.77. The van der Waals surface area contributed by atoms with E-state index < -0.39 is 10.2 Å². The molecule has 0 bridgehead atoms. The van der Waals surface area contributed by atoms with Crippen LogP contribution in [0.2, 0.25) is 0 Å². The number of piperazine rings is 1. The third-order valence-corrected chi connectivity index (χ3v) is 7.19. The van der Waals surface area contributed by atoms with Gasteiger partial charge in [0.15, 0.2) is 0 Å². The maximum Gasteiger partial charge on any atom is 0.319 e.